The van der Waals surface area contributed by atoms with E-state index in [-0.39, 0.29) is 10.9 Å². The lowest BCUT2D eigenvalue weighted by Gasteiger charge is -2.17. The number of sulfonamides is 1. The fraction of sp³-hybridized carbons (Fsp3) is 0.500. The summed E-state index contributed by atoms with van der Waals surface area (Å²) in [5.41, 5.74) is 6.30. The van der Waals surface area contributed by atoms with E-state index >= 15 is 0 Å². The summed E-state index contributed by atoms with van der Waals surface area (Å²) in [5.74, 6) is 0. The maximum absolute atomic E-state index is 12.3. The lowest BCUT2D eigenvalue weighted by atomic mass is 10.2. The number of ether oxygens (including phenoxy) is 1. The molecule has 0 aliphatic rings. The highest BCUT2D eigenvalue weighted by molar-refractivity contribution is 9.10. The molecule has 0 aromatic heterocycles. The number of nitrogens with one attached hydrogen (secondary N) is 1. The molecule has 3 N–H and O–H groups in total. The van der Waals surface area contributed by atoms with Gasteiger partial charge in [-0.25, -0.2) is 13.1 Å². The largest absolute Gasteiger partial charge is 0.383 e. The predicted octanol–water partition coefficient (Wildman–Crippen LogP) is 1.61. The number of benzene rings is 1. The van der Waals surface area contributed by atoms with Crippen LogP contribution in [0, 0.1) is 0 Å². The van der Waals surface area contributed by atoms with E-state index in [0.29, 0.717) is 24.0 Å². The van der Waals surface area contributed by atoms with Crippen molar-refractivity contribution in [1.82, 2.24) is 4.72 Å². The van der Waals surface area contributed by atoms with Gasteiger partial charge >= 0.3 is 0 Å². The van der Waals surface area contributed by atoms with Gasteiger partial charge in [0.2, 0.25) is 10.0 Å². The average Bonchev–Trinajstić information content (AvgIpc) is 2.38. The lowest BCUT2D eigenvalue weighted by Crippen LogP contribution is -2.37. The Hall–Kier alpha value is -0.470. The minimum atomic E-state index is -3.59. The third kappa shape index (κ3) is 4.54. The number of halogens is 1. The van der Waals surface area contributed by atoms with Crippen molar-refractivity contribution in [2.45, 2.75) is 30.8 Å². The molecule has 0 amide bonds. The van der Waals surface area contributed by atoms with Gasteiger partial charge in [-0.15, -0.1) is 0 Å². The molecule has 0 fully saturated rings. The number of hydrogen-bond acceptors (Lipinski definition) is 4. The van der Waals surface area contributed by atoms with Crippen LogP contribution in [0.2, 0.25) is 0 Å². The van der Waals surface area contributed by atoms with Crippen LogP contribution in [-0.4, -0.2) is 28.2 Å². The van der Waals surface area contributed by atoms with Crippen LogP contribution in [0.5, 0.6) is 0 Å². The molecule has 0 spiro atoms. The Morgan fingerprint density at radius 2 is 2.16 bits per heavy atom. The van der Waals surface area contributed by atoms with Crippen LogP contribution in [-0.2, 0) is 21.3 Å². The molecule has 0 aliphatic carbocycles. The van der Waals surface area contributed by atoms with Crippen molar-refractivity contribution in [3.8, 4) is 0 Å². The second-order valence-electron chi connectivity index (χ2n) is 4.15. The Kier molecular flexibility index (Phi) is 6.41. The molecular weight excluding hydrogens is 332 g/mol. The van der Waals surface area contributed by atoms with E-state index < -0.39 is 10.0 Å². The second kappa shape index (κ2) is 7.35. The van der Waals surface area contributed by atoms with Gasteiger partial charge < -0.3 is 10.5 Å². The Morgan fingerprint density at radius 3 is 2.68 bits per heavy atom. The van der Waals surface area contributed by atoms with Crippen LogP contribution in [0.4, 0.5) is 0 Å². The minimum Gasteiger partial charge on any atom is -0.383 e. The zero-order chi connectivity index (χ0) is 14.5. The van der Waals surface area contributed by atoms with Crippen LogP contribution in [0.15, 0.2) is 27.6 Å². The van der Waals surface area contributed by atoms with Crippen LogP contribution < -0.4 is 10.5 Å². The quantitative estimate of drug-likeness (QED) is 0.782. The fourth-order valence-corrected chi connectivity index (χ4v) is 3.92. The van der Waals surface area contributed by atoms with E-state index in [1.165, 1.54) is 0 Å². The molecule has 1 atom stereocenters. The van der Waals surface area contributed by atoms with Gasteiger partial charge in [-0.05, 0) is 40.0 Å². The normalized spacial score (nSPS) is 13.5. The topological polar surface area (TPSA) is 81.4 Å². The van der Waals surface area contributed by atoms with Crippen molar-refractivity contribution in [1.29, 1.82) is 0 Å². The van der Waals surface area contributed by atoms with Crippen molar-refractivity contribution in [3.05, 3.63) is 28.2 Å². The summed E-state index contributed by atoms with van der Waals surface area (Å²) in [4.78, 5) is 0.199. The van der Waals surface area contributed by atoms with Crippen LogP contribution in [0.3, 0.4) is 0 Å². The number of nitrogens with two attached hydrogens (primary N) is 1. The highest BCUT2D eigenvalue weighted by Crippen LogP contribution is 2.23. The van der Waals surface area contributed by atoms with Crippen molar-refractivity contribution in [2.75, 3.05) is 13.7 Å². The molecule has 1 aromatic carbocycles. The fourth-order valence-electron chi connectivity index (χ4n) is 1.60. The first-order valence-electron chi connectivity index (χ1n) is 5.94. The second-order valence-corrected chi connectivity index (χ2v) is 6.69. The van der Waals surface area contributed by atoms with Crippen LogP contribution in [0.25, 0.3) is 0 Å². The van der Waals surface area contributed by atoms with Crippen molar-refractivity contribution in [2.24, 2.45) is 5.73 Å². The van der Waals surface area contributed by atoms with Gasteiger partial charge in [-0.1, -0.05) is 13.0 Å². The van der Waals surface area contributed by atoms with Gasteiger partial charge in [0, 0.05) is 24.2 Å². The van der Waals surface area contributed by atoms with E-state index in [9.17, 15) is 8.42 Å². The summed E-state index contributed by atoms with van der Waals surface area (Å²) >= 11 is 3.26. The SMILES string of the molecule is CCC(COC)NS(=O)(=O)c1cc(CN)ccc1Br. The molecule has 0 radical (unpaired) electrons. The van der Waals surface area contributed by atoms with Crippen LogP contribution >= 0.6 is 15.9 Å². The lowest BCUT2D eigenvalue weighted by molar-refractivity contribution is 0.173. The molecule has 0 saturated heterocycles. The summed E-state index contributed by atoms with van der Waals surface area (Å²) in [6.45, 7) is 2.53. The molecular formula is C12H19BrN2O3S. The summed E-state index contributed by atoms with van der Waals surface area (Å²) in [6.07, 6.45) is 0.654. The number of hydrogen-bond donors (Lipinski definition) is 2. The van der Waals surface area contributed by atoms with Gasteiger partial charge in [0.1, 0.15) is 0 Å². The Morgan fingerprint density at radius 1 is 1.47 bits per heavy atom. The Bertz CT molecular complexity index is 520. The minimum absolute atomic E-state index is 0.199. The molecule has 1 aromatic rings. The molecule has 5 nitrogen and oxygen atoms in total. The molecule has 0 saturated carbocycles. The first-order valence-corrected chi connectivity index (χ1v) is 8.22. The Balaban J connectivity index is 3.05. The molecule has 0 heterocycles. The number of methoxy groups -OCH3 is 1. The first kappa shape index (κ1) is 16.6. The first-order chi connectivity index (χ1) is 8.94. The maximum atomic E-state index is 12.3. The highest BCUT2D eigenvalue weighted by atomic mass is 79.9. The summed E-state index contributed by atoms with van der Waals surface area (Å²) in [6, 6.07) is 4.80. The monoisotopic (exact) mass is 350 g/mol. The zero-order valence-electron chi connectivity index (χ0n) is 11.0. The molecule has 0 aliphatic heterocycles. The molecule has 1 rings (SSSR count). The van der Waals surface area contributed by atoms with E-state index in [1.807, 2.05) is 6.92 Å². The van der Waals surface area contributed by atoms with Crippen molar-refractivity contribution in [3.63, 3.8) is 0 Å². The maximum Gasteiger partial charge on any atom is 0.242 e. The standard InChI is InChI=1S/C12H19BrN2O3S/c1-3-10(8-18-2)15-19(16,17)12-6-9(7-14)4-5-11(12)13/h4-6,10,15H,3,7-8,14H2,1-2H3. The van der Waals surface area contributed by atoms with Crippen LogP contribution in [0.1, 0.15) is 18.9 Å². The van der Waals surface area contributed by atoms with E-state index in [1.54, 1.807) is 25.3 Å². The van der Waals surface area contributed by atoms with Gasteiger partial charge in [-0.3, -0.25) is 0 Å². The highest BCUT2D eigenvalue weighted by Gasteiger charge is 2.21. The summed E-state index contributed by atoms with van der Waals surface area (Å²) in [7, 11) is -2.05. The van der Waals surface area contributed by atoms with Gasteiger partial charge in [-0.2, -0.15) is 0 Å². The Labute approximate surface area is 122 Å². The van der Waals surface area contributed by atoms with Gasteiger partial charge in [0.15, 0.2) is 0 Å². The average molecular weight is 351 g/mol. The zero-order valence-corrected chi connectivity index (χ0v) is 13.4. The third-order valence-corrected chi connectivity index (χ3v) is 5.22. The van der Waals surface area contributed by atoms with E-state index in [0.717, 1.165) is 5.56 Å². The summed E-state index contributed by atoms with van der Waals surface area (Å²) < 4.78 is 32.8. The van der Waals surface area contributed by atoms with E-state index in [2.05, 4.69) is 20.7 Å². The molecule has 1 unspecified atom stereocenters. The molecule has 7 heteroatoms. The van der Waals surface area contributed by atoms with Crippen molar-refractivity contribution < 1.29 is 13.2 Å². The van der Waals surface area contributed by atoms with E-state index in [4.69, 9.17) is 10.5 Å². The molecule has 19 heavy (non-hydrogen) atoms. The smallest absolute Gasteiger partial charge is 0.242 e. The van der Waals surface area contributed by atoms with Crippen molar-refractivity contribution >= 4 is 26.0 Å². The predicted molar refractivity (Wildman–Crippen MR) is 78.3 cm³/mol. The molecule has 108 valence electrons. The molecule has 0 bridgehead atoms. The summed E-state index contributed by atoms with van der Waals surface area (Å²) in [5, 5.41) is 0. The van der Waals surface area contributed by atoms with Gasteiger partial charge in [0.25, 0.3) is 0 Å². The van der Waals surface area contributed by atoms with Gasteiger partial charge in [0.05, 0.1) is 11.5 Å². The number of rotatable bonds is 7. The third-order valence-electron chi connectivity index (χ3n) is 2.70.